The van der Waals surface area contributed by atoms with Gasteiger partial charge in [-0.3, -0.25) is 0 Å². The molecule has 3 heteroatoms. The first-order valence-corrected chi connectivity index (χ1v) is 5.62. The van der Waals surface area contributed by atoms with Crippen molar-refractivity contribution in [1.82, 2.24) is 0 Å². The molecule has 1 fully saturated rings. The van der Waals surface area contributed by atoms with Crippen molar-refractivity contribution in [3.05, 3.63) is 35.9 Å². The van der Waals surface area contributed by atoms with Crippen LogP contribution in [-0.2, 0) is 4.74 Å². The van der Waals surface area contributed by atoms with Gasteiger partial charge in [0.05, 0.1) is 11.7 Å². The zero-order valence-electron chi connectivity index (χ0n) is 9.30. The van der Waals surface area contributed by atoms with Gasteiger partial charge in [0.2, 0.25) is 0 Å². The van der Waals surface area contributed by atoms with E-state index in [-0.39, 0.29) is 24.1 Å². The van der Waals surface area contributed by atoms with E-state index in [1.165, 1.54) is 0 Å². The second kappa shape index (κ2) is 4.66. The molecule has 0 aliphatic heterocycles. The number of carbonyl (C=O) groups excluding carboxylic acids is 1. The van der Waals surface area contributed by atoms with E-state index in [0.717, 1.165) is 6.42 Å². The number of aliphatic hydroxyl groups is 1. The molecule has 0 aromatic heterocycles. The van der Waals surface area contributed by atoms with Crippen LogP contribution in [0.2, 0.25) is 0 Å². The predicted octanol–water partition coefficient (Wildman–Crippen LogP) is 2.00. The van der Waals surface area contributed by atoms with Crippen LogP contribution < -0.4 is 0 Å². The van der Waals surface area contributed by atoms with E-state index >= 15 is 0 Å². The SMILES string of the molecule is CC1C(O)CCC1OC(=O)c1ccccc1. The van der Waals surface area contributed by atoms with Gasteiger partial charge in [0.25, 0.3) is 0 Å². The van der Waals surface area contributed by atoms with Crippen LogP contribution >= 0.6 is 0 Å². The Morgan fingerprint density at radius 2 is 2.00 bits per heavy atom. The van der Waals surface area contributed by atoms with Gasteiger partial charge < -0.3 is 9.84 Å². The van der Waals surface area contributed by atoms with Crippen molar-refractivity contribution in [1.29, 1.82) is 0 Å². The summed E-state index contributed by atoms with van der Waals surface area (Å²) in [7, 11) is 0. The third-order valence-corrected chi connectivity index (χ3v) is 3.21. The smallest absolute Gasteiger partial charge is 0.338 e. The number of aliphatic hydroxyl groups excluding tert-OH is 1. The first-order chi connectivity index (χ1) is 7.68. The lowest BCUT2D eigenvalue weighted by molar-refractivity contribution is 0.0125. The molecule has 86 valence electrons. The van der Waals surface area contributed by atoms with E-state index in [1.807, 2.05) is 25.1 Å². The summed E-state index contributed by atoms with van der Waals surface area (Å²) < 4.78 is 5.38. The van der Waals surface area contributed by atoms with Crippen LogP contribution in [-0.4, -0.2) is 23.3 Å². The quantitative estimate of drug-likeness (QED) is 0.775. The van der Waals surface area contributed by atoms with Gasteiger partial charge in [0.1, 0.15) is 6.10 Å². The number of benzene rings is 1. The van der Waals surface area contributed by atoms with Crippen LogP contribution in [0, 0.1) is 5.92 Å². The highest BCUT2D eigenvalue weighted by Gasteiger charge is 2.34. The molecule has 0 bridgehead atoms. The van der Waals surface area contributed by atoms with Crippen molar-refractivity contribution in [3.63, 3.8) is 0 Å². The monoisotopic (exact) mass is 220 g/mol. The predicted molar refractivity (Wildman–Crippen MR) is 60.1 cm³/mol. The molecule has 1 saturated carbocycles. The molecule has 0 radical (unpaired) electrons. The molecule has 0 amide bonds. The van der Waals surface area contributed by atoms with E-state index < -0.39 is 0 Å². The zero-order valence-corrected chi connectivity index (χ0v) is 9.30. The molecule has 3 unspecified atom stereocenters. The first-order valence-electron chi connectivity index (χ1n) is 5.62. The van der Waals surface area contributed by atoms with Crippen LogP contribution in [0.4, 0.5) is 0 Å². The maximum atomic E-state index is 11.7. The number of rotatable bonds is 2. The van der Waals surface area contributed by atoms with Crippen LogP contribution in [0.1, 0.15) is 30.1 Å². The number of hydrogen-bond acceptors (Lipinski definition) is 3. The van der Waals surface area contributed by atoms with Gasteiger partial charge in [0.15, 0.2) is 0 Å². The van der Waals surface area contributed by atoms with Crippen molar-refractivity contribution in [3.8, 4) is 0 Å². The van der Waals surface area contributed by atoms with Crippen LogP contribution in [0.3, 0.4) is 0 Å². The van der Waals surface area contributed by atoms with E-state index in [4.69, 9.17) is 4.74 Å². The zero-order chi connectivity index (χ0) is 11.5. The van der Waals surface area contributed by atoms with E-state index in [2.05, 4.69) is 0 Å². The number of carbonyl (C=O) groups is 1. The highest BCUT2D eigenvalue weighted by molar-refractivity contribution is 5.89. The summed E-state index contributed by atoms with van der Waals surface area (Å²) in [6, 6.07) is 8.95. The highest BCUT2D eigenvalue weighted by Crippen LogP contribution is 2.28. The fraction of sp³-hybridized carbons (Fsp3) is 0.462. The summed E-state index contributed by atoms with van der Waals surface area (Å²) in [6.45, 7) is 1.92. The van der Waals surface area contributed by atoms with Gasteiger partial charge >= 0.3 is 5.97 Å². The molecule has 0 heterocycles. The minimum absolute atomic E-state index is 0.0349. The summed E-state index contributed by atoms with van der Waals surface area (Å²) in [5, 5.41) is 9.56. The Labute approximate surface area is 95.0 Å². The average molecular weight is 220 g/mol. The van der Waals surface area contributed by atoms with Crippen molar-refractivity contribution < 1.29 is 14.6 Å². The third kappa shape index (κ3) is 2.25. The summed E-state index contributed by atoms with van der Waals surface area (Å²) >= 11 is 0. The number of ether oxygens (including phenoxy) is 1. The van der Waals surface area contributed by atoms with Crippen LogP contribution in [0.15, 0.2) is 30.3 Å². The van der Waals surface area contributed by atoms with Gasteiger partial charge in [-0.15, -0.1) is 0 Å². The Morgan fingerprint density at radius 3 is 2.56 bits per heavy atom. The summed E-state index contributed by atoms with van der Waals surface area (Å²) in [6.07, 6.45) is 0.978. The van der Waals surface area contributed by atoms with Crippen molar-refractivity contribution in [2.75, 3.05) is 0 Å². The Balaban J connectivity index is 1.98. The van der Waals surface area contributed by atoms with E-state index in [9.17, 15) is 9.90 Å². The van der Waals surface area contributed by atoms with E-state index in [1.54, 1.807) is 12.1 Å². The van der Waals surface area contributed by atoms with Gasteiger partial charge in [-0.2, -0.15) is 0 Å². The second-order valence-electron chi connectivity index (χ2n) is 4.31. The maximum Gasteiger partial charge on any atom is 0.338 e. The van der Waals surface area contributed by atoms with Crippen LogP contribution in [0.5, 0.6) is 0 Å². The molecule has 16 heavy (non-hydrogen) atoms. The van der Waals surface area contributed by atoms with Crippen molar-refractivity contribution in [2.45, 2.75) is 32.0 Å². The summed E-state index contributed by atoms with van der Waals surface area (Å²) in [5.41, 5.74) is 0.566. The van der Waals surface area contributed by atoms with Gasteiger partial charge in [-0.05, 0) is 25.0 Å². The maximum absolute atomic E-state index is 11.7. The van der Waals surface area contributed by atoms with Crippen molar-refractivity contribution >= 4 is 5.97 Å². The topological polar surface area (TPSA) is 46.5 Å². The lowest BCUT2D eigenvalue weighted by Crippen LogP contribution is -2.25. The molecule has 1 aromatic rings. The molecule has 2 rings (SSSR count). The Kier molecular flexibility index (Phi) is 3.25. The average Bonchev–Trinajstić information content (AvgIpc) is 2.62. The minimum atomic E-state index is -0.339. The molecule has 3 atom stereocenters. The molecule has 1 aromatic carbocycles. The van der Waals surface area contributed by atoms with Gasteiger partial charge in [0, 0.05) is 5.92 Å². The molecule has 1 aliphatic rings. The number of hydrogen-bond donors (Lipinski definition) is 1. The van der Waals surface area contributed by atoms with Gasteiger partial charge in [-0.25, -0.2) is 4.79 Å². The summed E-state index contributed by atoms with van der Waals surface area (Å²) in [5.74, 6) is -0.265. The molecule has 0 spiro atoms. The Bertz CT molecular complexity index is 361. The first kappa shape index (κ1) is 11.1. The minimum Gasteiger partial charge on any atom is -0.458 e. The molecular formula is C13H16O3. The largest absolute Gasteiger partial charge is 0.458 e. The molecular weight excluding hydrogens is 204 g/mol. The Hall–Kier alpha value is -1.35. The number of esters is 1. The normalized spacial score (nSPS) is 29.0. The van der Waals surface area contributed by atoms with E-state index in [0.29, 0.717) is 12.0 Å². The molecule has 1 N–H and O–H groups in total. The molecule has 0 saturated heterocycles. The lowest BCUT2D eigenvalue weighted by atomic mass is 10.1. The second-order valence-corrected chi connectivity index (χ2v) is 4.31. The fourth-order valence-corrected chi connectivity index (χ4v) is 2.05. The lowest BCUT2D eigenvalue weighted by Gasteiger charge is -2.18. The summed E-state index contributed by atoms with van der Waals surface area (Å²) in [4.78, 5) is 11.7. The van der Waals surface area contributed by atoms with Crippen LogP contribution in [0.25, 0.3) is 0 Å². The highest BCUT2D eigenvalue weighted by atomic mass is 16.5. The molecule has 1 aliphatic carbocycles. The van der Waals surface area contributed by atoms with Crippen molar-refractivity contribution in [2.24, 2.45) is 5.92 Å². The standard InChI is InChI=1S/C13H16O3/c1-9-11(14)7-8-12(9)16-13(15)10-5-3-2-4-6-10/h2-6,9,11-12,14H,7-8H2,1H3. The Morgan fingerprint density at radius 1 is 1.31 bits per heavy atom. The molecule has 3 nitrogen and oxygen atoms in total. The fourth-order valence-electron chi connectivity index (χ4n) is 2.05. The third-order valence-electron chi connectivity index (χ3n) is 3.21. The van der Waals surface area contributed by atoms with Gasteiger partial charge in [-0.1, -0.05) is 25.1 Å².